The lowest BCUT2D eigenvalue weighted by molar-refractivity contribution is 0.0698. The molecule has 0 amide bonds. The van der Waals surface area contributed by atoms with Gasteiger partial charge in [0.15, 0.2) is 0 Å². The number of aromatic nitrogens is 3. The Kier molecular flexibility index (Phi) is 2.55. The molecular formula is C10H9N3O3. The summed E-state index contributed by atoms with van der Waals surface area (Å²) in [5.41, 5.74) is 1.23. The van der Waals surface area contributed by atoms with Gasteiger partial charge in [-0.3, -0.25) is 5.10 Å². The number of rotatable bonds is 3. The van der Waals surface area contributed by atoms with Crippen LogP contribution in [0.15, 0.2) is 24.5 Å². The molecule has 2 rings (SSSR count). The van der Waals surface area contributed by atoms with Gasteiger partial charge in [-0.05, 0) is 6.07 Å². The molecule has 0 bridgehead atoms. The number of methoxy groups -OCH3 is 1. The molecule has 0 aliphatic rings. The van der Waals surface area contributed by atoms with Gasteiger partial charge in [0.05, 0.1) is 19.0 Å². The molecule has 0 saturated carbocycles. The van der Waals surface area contributed by atoms with E-state index in [9.17, 15) is 4.79 Å². The summed E-state index contributed by atoms with van der Waals surface area (Å²) in [5.74, 6) is -0.608. The SMILES string of the molecule is COc1cc(-c2[nH]ncc2C(=O)O)ccn1. The van der Waals surface area contributed by atoms with Gasteiger partial charge in [0.25, 0.3) is 0 Å². The van der Waals surface area contributed by atoms with E-state index >= 15 is 0 Å². The number of H-pyrrole nitrogens is 1. The Morgan fingerprint density at radius 2 is 2.38 bits per heavy atom. The van der Waals surface area contributed by atoms with Crippen LogP contribution in [0.1, 0.15) is 10.4 Å². The van der Waals surface area contributed by atoms with Crippen LogP contribution in [0, 0.1) is 0 Å². The predicted octanol–water partition coefficient (Wildman–Crippen LogP) is 1.18. The van der Waals surface area contributed by atoms with E-state index in [4.69, 9.17) is 9.84 Å². The van der Waals surface area contributed by atoms with Crippen molar-refractivity contribution in [2.75, 3.05) is 7.11 Å². The third-order valence-electron chi connectivity index (χ3n) is 2.10. The first-order valence-electron chi connectivity index (χ1n) is 4.49. The highest BCUT2D eigenvalue weighted by Gasteiger charge is 2.14. The standard InChI is InChI=1S/C10H9N3O3/c1-16-8-4-6(2-3-11-8)9-7(10(14)15)5-12-13-9/h2-5H,1H3,(H,12,13)(H,14,15). The molecule has 2 N–H and O–H groups in total. The van der Waals surface area contributed by atoms with Crippen LogP contribution in [0.2, 0.25) is 0 Å². The van der Waals surface area contributed by atoms with Crippen molar-refractivity contribution in [2.45, 2.75) is 0 Å². The molecule has 0 spiro atoms. The van der Waals surface area contributed by atoms with Gasteiger partial charge in [-0.25, -0.2) is 9.78 Å². The van der Waals surface area contributed by atoms with Crippen LogP contribution in [0.25, 0.3) is 11.3 Å². The Bertz CT molecular complexity index is 522. The van der Waals surface area contributed by atoms with Crippen LogP contribution in [0.5, 0.6) is 5.88 Å². The second-order valence-corrected chi connectivity index (χ2v) is 3.05. The van der Waals surface area contributed by atoms with Crippen molar-refractivity contribution in [3.05, 3.63) is 30.1 Å². The highest BCUT2D eigenvalue weighted by molar-refractivity contribution is 5.94. The van der Waals surface area contributed by atoms with Gasteiger partial charge in [0.2, 0.25) is 5.88 Å². The number of hydrogen-bond donors (Lipinski definition) is 2. The van der Waals surface area contributed by atoms with Gasteiger partial charge in [0, 0.05) is 17.8 Å². The second kappa shape index (κ2) is 4.01. The number of carboxylic acids is 1. The van der Waals surface area contributed by atoms with Gasteiger partial charge in [0.1, 0.15) is 5.56 Å². The molecule has 2 aromatic heterocycles. The minimum Gasteiger partial charge on any atom is -0.481 e. The average Bonchev–Trinajstić information content (AvgIpc) is 2.78. The molecule has 6 heteroatoms. The molecule has 2 aromatic rings. The Morgan fingerprint density at radius 3 is 3.06 bits per heavy atom. The lowest BCUT2D eigenvalue weighted by Crippen LogP contribution is -1.97. The molecule has 0 aromatic carbocycles. The average molecular weight is 219 g/mol. The van der Waals surface area contributed by atoms with Crippen LogP contribution in [0.3, 0.4) is 0 Å². The molecular weight excluding hydrogens is 210 g/mol. The third-order valence-corrected chi connectivity index (χ3v) is 2.10. The Hall–Kier alpha value is -2.37. The lowest BCUT2D eigenvalue weighted by Gasteiger charge is -2.02. The quantitative estimate of drug-likeness (QED) is 0.809. The largest absolute Gasteiger partial charge is 0.481 e. The number of hydrogen-bond acceptors (Lipinski definition) is 4. The Labute approximate surface area is 90.9 Å². The monoisotopic (exact) mass is 219 g/mol. The molecule has 0 atom stereocenters. The number of aromatic amines is 1. The summed E-state index contributed by atoms with van der Waals surface area (Å²) < 4.78 is 4.96. The maximum Gasteiger partial charge on any atom is 0.339 e. The van der Waals surface area contributed by atoms with Gasteiger partial charge < -0.3 is 9.84 Å². The van der Waals surface area contributed by atoms with Crippen LogP contribution in [-0.4, -0.2) is 33.4 Å². The lowest BCUT2D eigenvalue weighted by atomic mass is 10.1. The van der Waals surface area contributed by atoms with E-state index in [1.54, 1.807) is 18.3 Å². The zero-order valence-corrected chi connectivity index (χ0v) is 8.47. The van der Waals surface area contributed by atoms with Gasteiger partial charge >= 0.3 is 5.97 Å². The number of nitrogens with zero attached hydrogens (tertiary/aromatic N) is 2. The zero-order valence-electron chi connectivity index (χ0n) is 8.47. The maximum atomic E-state index is 10.9. The summed E-state index contributed by atoms with van der Waals surface area (Å²) in [7, 11) is 1.50. The highest BCUT2D eigenvalue weighted by atomic mass is 16.5. The summed E-state index contributed by atoms with van der Waals surface area (Å²) in [4.78, 5) is 14.8. The van der Waals surface area contributed by atoms with Gasteiger partial charge in [-0.2, -0.15) is 5.10 Å². The summed E-state index contributed by atoms with van der Waals surface area (Å²) in [6.07, 6.45) is 2.81. The van der Waals surface area contributed by atoms with Crippen molar-refractivity contribution in [3.8, 4) is 17.1 Å². The summed E-state index contributed by atoms with van der Waals surface area (Å²) in [5, 5.41) is 15.3. The first kappa shape index (κ1) is 10.2. The van der Waals surface area contributed by atoms with E-state index in [0.717, 1.165) is 0 Å². The van der Waals surface area contributed by atoms with E-state index in [0.29, 0.717) is 17.1 Å². The fourth-order valence-corrected chi connectivity index (χ4v) is 1.34. The first-order chi connectivity index (χ1) is 7.72. The molecule has 0 radical (unpaired) electrons. The summed E-state index contributed by atoms with van der Waals surface area (Å²) in [6, 6.07) is 3.32. The smallest absolute Gasteiger partial charge is 0.339 e. The number of aromatic carboxylic acids is 1. The molecule has 6 nitrogen and oxygen atoms in total. The van der Waals surface area contributed by atoms with Gasteiger partial charge in [-0.15, -0.1) is 0 Å². The molecule has 2 heterocycles. The minimum atomic E-state index is -1.03. The van der Waals surface area contributed by atoms with Crippen molar-refractivity contribution in [1.82, 2.24) is 15.2 Å². The Morgan fingerprint density at radius 1 is 1.56 bits per heavy atom. The number of pyridine rings is 1. The van der Waals surface area contributed by atoms with Crippen molar-refractivity contribution in [1.29, 1.82) is 0 Å². The fourth-order valence-electron chi connectivity index (χ4n) is 1.34. The van der Waals surface area contributed by atoms with E-state index in [1.807, 2.05) is 0 Å². The topological polar surface area (TPSA) is 88.1 Å². The minimum absolute atomic E-state index is 0.119. The van der Waals surface area contributed by atoms with Crippen LogP contribution in [0.4, 0.5) is 0 Å². The number of nitrogens with one attached hydrogen (secondary N) is 1. The van der Waals surface area contributed by atoms with Crippen molar-refractivity contribution in [3.63, 3.8) is 0 Å². The van der Waals surface area contributed by atoms with Crippen LogP contribution < -0.4 is 4.74 Å². The van der Waals surface area contributed by atoms with E-state index in [-0.39, 0.29) is 5.56 Å². The van der Waals surface area contributed by atoms with Crippen LogP contribution in [-0.2, 0) is 0 Å². The molecule has 0 unspecified atom stereocenters. The number of ether oxygens (including phenoxy) is 1. The highest BCUT2D eigenvalue weighted by Crippen LogP contribution is 2.23. The molecule has 0 aliphatic heterocycles. The summed E-state index contributed by atoms with van der Waals surface area (Å²) in [6.45, 7) is 0. The van der Waals surface area contributed by atoms with E-state index in [1.165, 1.54) is 13.3 Å². The number of carbonyl (C=O) groups is 1. The molecule has 0 fully saturated rings. The maximum absolute atomic E-state index is 10.9. The first-order valence-corrected chi connectivity index (χ1v) is 4.49. The summed E-state index contributed by atoms with van der Waals surface area (Å²) >= 11 is 0. The number of carboxylic acid groups (broad SMARTS) is 1. The molecule has 82 valence electrons. The predicted molar refractivity (Wildman–Crippen MR) is 55.3 cm³/mol. The van der Waals surface area contributed by atoms with E-state index < -0.39 is 5.97 Å². The fraction of sp³-hybridized carbons (Fsp3) is 0.100. The van der Waals surface area contributed by atoms with Crippen molar-refractivity contribution >= 4 is 5.97 Å². The molecule has 0 saturated heterocycles. The molecule has 0 aliphatic carbocycles. The zero-order chi connectivity index (χ0) is 11.5. The van der Waals surface area contributed by atoms with Crippen molar-refractivity contribution < 1.29 is 14.6 Å². The van der Waals surface area contributed by atoms with E-state index in [2.05, 4.69) is 15.2 Å². The third kappa shape index (κ3) is 1.72. The van der Waals surface area contributed by atoms with Gasteiger partial charge in [-0.1, -0.05) is 0 Å². The normalized spacial score (nSPS) is 10.1. The molecule has 16 heavy (non-hydrogen) atoms. The van der Waals surface area contributed by atoms with Crippen molar-refractivity contribution in [2.24, 2.45) is 0 Å². The second-order valence-electron chi connectivity index (χ2n) is 3.05. The van der Waals surface area contributed by atoms with Crippen LogP contribution >= 0.6 is 0 Å². The Balaban J connectivity index is 2.50.